The van der Waals surface area contributed by atoms with Crippen LogP contribution in [-0.2, 0) is 0 Å². The van der Waals surface area contributed by atoms with Gasteiger partial charge in [-0.25, -0.2) is 0 Å². The molecule has 1 aromatic rings. The van der Waals surface area contributed by atoms with Crippen molar-refractivity contribution in [2.75, 3.05) is 30.5 Å². The predicted octanol–water partition coefficient (Wildman–Crippen LogP) is 1.07. The lowest BCUT2D eigenvalue weighted by Gasteiger charge is -2.04. The zero-order valence-corrected chi connectivity index (χ0v) is 8.77. The zero-order chi connectivity index (χ0) is 9.68. The van der Waals surface area contributed by atoms with Crippen LogP contribution < -0.4 is 10.6 Å². The van der Waals surface area contributed by atoms with E-state index in [0.717, 1.165) is 10.9 Å². The Morgan fingerprint density at radius 3 is 2.00 bits per heavy atom. The standard InChI is InChI=1S/C7H13N5S/c1-4-13-7-11-5(8-2)10-6(9-3)12-7/h4H2,1-3H3,(H2,8,9,10,11,12). The highest BCUT2D eigenvalue weighted by molar-refractivity contribution is 7.99. The maximum absolute atomic E-state index is 4.18. The molecule has 6 heteroatoms. The molecule has 1 heterocycles. The molecule has 0 saturated heterocycles. The van der Waals surface area contributed by atoms with Crippen LogP contribution in [0, 0.1) is 0 Å². The van der Waals surface area contributed by atoms with E-state index in [1.807, 2.05) is 0 Å². The molecule has 0 radical (unpaired) electrons. The first-order chi connectivity index (χ1) is 6.30. The lowest BCUT2D eigenvalue weighted by molar-refractivity contribution is 0.913. The summed E-state index contributed by atoms with van der Waals surface area (Å²) in [7, 11) is 3.57. The highest BCUT2D eigenvalue weighted by atomic mass is 32.2. The van der Waals surface area contributed by atoms with Gasteiger partial charge in [0, 0.05) is 14.1 Å². The van der Waals surface area contributed by atoms with E-state index >= 15 is 0 Å². The predicted molar refractivity (Wildman–Crippen MR) is 55.3 cm³/mol. The Morgan fingerprint density at radius 1 is 1.08 bits per heavy atom. The van der Waals surface area contributed by atoms with E-state index in [2.05, 4.69) is 32.5 Å². The van der Waals surface area contributed by atoms with Crippen molar-refractivity contribution in [2.45, 2.75) is 12.1 Å². The summed E-state index contributed by atoms with van der Waals surface area (Å²) in [6, 6.07) is 0. The molecule has 0 spiro atoms. The first-order valence-electron chi connectivity index (χ1n) is 4.04. The average Bonchev–Trinajstić information content (AvgIpc) is 2.17. The Balaban J connectivity index is 2.93. The summed E-state index contributed by atoms with van der Waals surface area (Å²) in [5, 5.41) is 6.51. The van der Waals surface area contributed by atoms with Crippen LogP contribution in [0.5, 0.6) is 0 Å². The average molecular weight is 199 g/mol. The third kappa shape index (κ3) is 2.73. The molecule has 0 saturated carbocycles. The number of rotatable bonds is 4. The highest BCUT2D eigenvalue weighted by Crippen LogP contribution is 2.15. The lowest BCUT2D eigenvalue weighted by atomic mass is 10.8. The molecule has 0 aromatic carbocycles. The van der Waals surface area contributed by atoms with Gasteiger partial charge in [0.2, 0.25) is 11.9 Å². The van der Waals surface area contributed by atoms with Gasteiger partial charge in [0.15, 0.2) is 5.16 Å². The Bertz CT molecular complexity index is 255. The van der Waals surface area contributed by atoms with Crippen LogP contribution in [0.2, 0.25) is 0 Å². The first kappa shape index (κ1) is 10.0. The molecule has 0 amide bonds. The van der Waals surface area contributed by atoms with Crippen LogP contribution in [0.1, 0.15) is 6.92 Å². The minimum absolute atomic E-state index is 0.593. The van der Waals surface area contributed by atoms with Gasteiger partial charge in [-0.15, -0.1) is 0 Å². The van der Waals surface area contributed by atoms with E-state index < -0.39 is 0 Å². The van der Waals surface area contributed by atoms with Gasteiger partial charge in [0.1, 0.15) is 0 Å². The Morgan fingerprint density at radius 2 is 1.62 bits per heavy atom. The smallest absolute Gasteiger partial charge is 0.228 e. The van der Waals surface area contributed by atoms with Crippen LogP contribution in [0.4, 0.5) is 11.9 Å². The van der Waals surface area contributed by atoms with Crippen LogP contribution in [0.3, 0.4) is 0 Å². The van der Waals surface area contributed by atoms with Crippen LogP contribution in [-0.4, -0.2) is 34.8 Å². The van der Waals surface area contributed by atoms with E-state index in [1.54, 1.807) is 25.9 Å². The molecule has 0 fully saturated rings. The molecule has 0 aliphatic heterocycles. The van der Waals surface area contributed by atoms with Crippen LogP contribution >= 0.6 is 11.8 Å². The van der Waals surface area contributed by atoms with E-state index in [0.29, 0.717) is 11.9 Å². The monoisotopic (exact) mass is 199 g/mol. The van der Waals surface area contributed by atoms with E-state index in [4.69, 9.17) is 0 Å². The van der Waals surface area contributed by atoms with Gasteiger partial charge >= 0.3 is 0 Å². The lowest BCUT2D eigenvalue weighted by Crippen LogP contribution is -2.04. The molecule has 1 rings (SSSR count). The number of aromatic nitrogens is 3. The van der Waals surface area contributed by atoms with Crippen molar-refractivity contribution < 1.29 is 0 Å². The summed E-state index contributed by atoms with van der Waals surface area (Å²) in [6.07, 6.45) is 0. The third-order valence-corrected chi connectivity index (χ3v) is 2.06. The molecule has 13 heavy (non-hydrogen) atoms. The molecule has 5 nitrogen and oxygen atoms in total. The Labute approximate surface area is 81.8 Å². The van der Waals surface area contributed by atoms with Crippen molar-refractivity contribution in [2.24, 2.45) is 0 Å². The van der Waals surface area contributed by atoms with Crippen LogP contribution in [0.15, 0.2) is 5.16 Å². The van der Waals surface area contributed by atoms with Gasteiger partial charge in [-0.05, 0) is 5.75 Å². The minimum atomic E-state index is 0.593. The number of nitrogens with zero attached hydrogens (tertiary/aromatic N) is 3. The highest BCUT2D eigenvalue weighted by Gasteiger charge is 2.02. The van der Waals surface area contributed by atoms with E-state index in [9.17, 15) is 0 Å². The number of thioether (sulfide) groups is 1. The number of hydrogen-bond acceptors (Lipinski definition) is 6. The second kappa shape index (κ2) is 4.86. The quantitative estimate of drug-likeness (QED) is 0.707. The molecule has 0 atom stereocenters. The van der Waals surface area contributed by atoms with Gasteiger partial charge in [0.05, 0.1) is 0 Å². The molecule has 72 valence electrons. The minimum Gasteiger partial charge on any atom is -0.357 e. The van der Waals surface area contributed by atoms with Gasteiger partial charge in [-0.2, -0.15) is 15.0 Å². The van der Waals surface area contributed by atoms with Gasteiger partial charge in [-0.1, -0.05) is 18.7 Å². The van der Waals surface area contributed by atoms with Crippen molar-refractivity contribution in [3.63, 3.8) is 0 Å². The fourth-order valence-electron chi connectivity index (χ4n) is 0.774. The van der Waals surface area contributed by atoms with Gasteiger partial charge in [0.25, 0.3) is 0 Å². The molecule has 0 unspecified atom stereocenters. The Hall–Kier alpha value is -1.04. The number of nitrogens with one attached hydrogen (secondary N) is 2. The SMILES string of the molecule is CCSc1nc(NC)nc(NC)n1. The van der Waals surface area contributed by atoms with E-state index in [1.165, 1.54) is 0 Å². The second-order valence-corrected chi connectivity index (χ2v) is 3.43. The van der Waals surface area contributed by atoms with Gasteiger partial charge in [-0.3, -0.25) is 0 Å². The van der Waals surface area contributed by atoms with Crippen LogP contribution in [0.25, 0.3) is 0 Å². The Kier molecular flexibility index (Phi) is 3.75. The second-order valence-electron chi connectivity index (χ2n) is 2.20. The molecule has 0 aliphatic carbocycles. The summed E-state index contributed by atoms with van der Waals surface area (Å²) in [5.41, 5.74) is 0. The zero-order valence-electron chi connectivity index (χ0n) is 7.96. The fourth-order valence-corrected chi connectivity index (χ4v) is 1.33. The van der Waals surface area contributed by atoms with Crippen molar-refractivity contribution in [1.82, 2.24) is 15.0 Å². The largest absolute Gasteiger partial charge is 0.357 e. The molecule has 2 N–H and O–H groups in total. The summed E-state index contributed by atoms with van der Waals surface area (Å²) in [5.74, 6) is 2.14. The summed E-state index contributed by atoms with van der Waals surface area (Å²) in [4.78, 5) is 12.5. The summed E-state index contributed by atoms with van der Waals surface area (Å²) >= 11 is 1.59. The van der Waals surface area contributed by atoms with Gasteiger partial charge < -0.3 is 10.6 Å². The maximum atomic E-state index is 4.18. The normalized spacial score (nSPS) is 9.77. The summed E-state index contributed by atoms with van der Waals surface area (Å²) < 4.78 is 0. The molecule has 1 aromatic heterocycles. The maximum Gasteiger partial charge on any atom is 0.228 e. The molecular formula is C7H13N5S. The topological polar surface area (TPSA) is 62.7 Å². The number of anilines is 2. The van der Waals surface area contributed by atoms with Crippen molar-refractivity contribution >= 4 is 23.7 Å². The van der Waals surface area contributed by atoms with Crippen molar-refractivity contribution in [3.8, 4) is 0 Å². The molecule has 0 bridgehead atoms. The van der Waals surface area contributed by atoms with Crippen molar-refractivity contribution in [3.05, 3.63) is 0 Å². The molecule has 0 aliphatic rings. The van der Waals surface area contributed by atoms with E-state index in [-0.39, 0.29) is 0 Å². The van der Waals surface area contributed by atoms with Crippen molar-refractivity contribution in [1.29, 1.82) is 0 Å². The summed E-state index contributed by atoms with van der Waals surface area (Å²) in [6.45, 7) is 2.06. The third-order valence-electron chi connectivity index (χ3n) is 1.34. The number of hydrogen-bond donors (Lipinski definition) is 2. The molecular weight excluding hydrogens is 186 g/mol. The first-order valence-corrected chi connectivity index (χ1v) is 5.03. The fraction of sp³-hybridized carbons (Fsp3) is 0.571.